The lowest BCUT2D eigenvalue weighted by Gasteiger charge is -2.21. The smallest absolute Gasteiger partial charge is 0.0307 e. The molecule has 98 valence electrons. The minimum Gasteiger partial charge on any atom is -0.324 e. The summed E-state index contributed by atoms with van der Waals surface area (Å²) in [7, 11) is 0. The number of hydrogen-bond donors (Lipinski definition) is 1. The van der Waals surface area contributed by atoms with Crippen LogP contribution in [-0.4, -0.2) is 24.5 Å². The van der Waals surface area contributed by atoms with Gasteiger partial charge in [0, 0.05) is 25.7 Å². The maximum atomic E-state index is 6.23. The largest absolute Gasteiger partial charge is 0.324 e. The second-order valence-electron chi connectivity index (χ2n) is 4.65. The van der Waals surface area contributed by atoms with Crippen molar-refractivity contribution in [2.45, 2.75) is 19.4 Å². The van der Waals surface area contributed by atoms with Crippen LogP contribution in [0.3, 0.4) is 0 Å². The summed E-state index contributed by atoms with van der Waals surface area (Å²) in [5.74, 6) is 0. The van der Waals surface area contributed by atoms with Crippen LogP contribution < -0.4 is 5.73 Å². The Hall–Kier alpha value is -1.38. The maximum absolute atomic E-state index is 6.23. The van der Waals surface area contributed by atoms with E-state index in [1.54, 1.807) is 0 Å². The molecule has 1 aromatic carbocycles. The first kappa shape index (κ1) is 14.7. The Morgan fingerprint density at radius 1 is 1.28 bits per heavy atom. The van der Waals surface area contributed by atoms with Gasteiger partial charge < -0.3 is 5.73 Å². The van der Waals surface area contributed by atoms with Crippen LogP contribution in [0.15, 0.2) is 49.6 Å². The van der Waals surface area contributed by atoms with Crippen molar-refractivity contribution in [1.82, 2.24) is 4.90 Å². The average molecular weight is 244 g/mol. The fraction of sp³-hybridized carbons (Fsp3) is 0.375. The van der Waals surface area contributed by atoms with Gasteiger partial charge in [-0.25, -0.2) is 0 Å². The minimum atomic E-state index is 0.0991. The number of nitrogens with two attached hydrogens (primary N) is 1. The SMILES string of the molecule is C=CCN(CC=C)CCC(N)c1cccc(C)c1. The Kier molecular flexibility index (Phi) is 6.40. The van der Waals surface area contributed by atoms with E-state index in [0.29, 0.717) is 0 Å². The zero-order chi connectivity index (χ0) is 13.4. The summed E-state index contributed by atoms with van der Waals surface area (Å²) < 4.78 is 0. The third-order valence-electron chi connectivity index (χ3n) is 3.00. The quantitative estimate of drug-likeness (QED) is 0.712. The van der Waals surface area contributed by atoms with E-state index in [-0.39, 0.29) is 6.04 Å². The molecule has 0 heterocycles. The fourth-order valence-corrected chi connectivity index (χ4v) is 2.01. The molecule has 0 aliphatic heterocycles. The Balaban J connectivity index is 2.50. The monoisotopic (exact) mass is 244 g/mol. The van der Waals surface area contributed by atoms with Gasteiger partial charge >= 0.3 is 0 Å². The molecule has 0 saturated carbocycles. The van der Waals surface area contributed by atoms with E-state index in [2.05, 4.69) is 49.2 Å². The van der Waals surface area contributed by atoms with E-state index >= 15 is 0 Å². The van der Waals surface area contributed by atoms with Crippen molar-refractivity contribution in [2.75, 3.05) is 19.6 Å². The molecule has 0 radical (unpaired) electrons. The van der Waals surface area contributed by atoms with Gasteiger partial charge in [0.2, 0.25) is 0 Å². The van der Waals surface area contributed by atoms with Crippen molar-refractivity contribution in [3.05, 3.63) is 60.7 Å². The van der Waals surface area contributed by atoms with Crippen LogP contribution in [-0.2, 0) is 0 Å². The van der Waals surface area contributed by atoms with E-state index < -0.39 is 0 Å². The van der Waals surface area contributed by atoms with Gasteiger partial charge in [0.25, 0.3) is 0 Å². The molecule has 0 saturated heterocycles. The standard InChI is InChI=1S/C16H24N2/c1-4-10-18(11-5-2)12-9-16(17)15-8-6-7-14(3)13-15/h4-8,13,16H,1-2,9-12,17H2,3H3. The predicted molar refractivity (Wildman–Crippen MR) is 79.6 cm³/mol. The Morgan fingerprint density at radius 3 is 2.50 bits per heavy atom. The highest BCUT2D eigenvalue weighted by Crippen LogP contribution is 2.15. The fourth-order valence-electron chi connectivity index (χ4n) is 2.01. The molecule has 1 rings (SSSR count). The molecule has 2 nitrogen and oxygen atoms in total. The van der Waals surface area contributed by atoms with Crippen molar-refractivity contribution < 1.29 is 0 Å². The Morgan fingerprint density at radius 2 is 1.94 bits per heavy atom. The molecule has 0 bridgehead atoms. The molecule has 0 aliphatic rings. The summed E-state index contributed by atoms with van der Waals surface area (Å²) in [5, 5.41) is 0. The molecule has 1 aromatic rings. The second-order valence-corrected chi connectivity index (χ2v) is 4.65. The Bertz CT molecular complexity index is 374. The van der Waals surface area contributed by atoms with Gasteiger partial charge in [-0.2, -0.15) is 0 Å². The molecule has 2 heteroatoms. The summed E-state index contributed by atoms with van der Waals surface area (Å²) in [6.45, 7) is 12.4. The summed E-state index contributed by atoms with van der Waals surface area (Å²) >= 11 is 0. The lowest BCUT2D eigenvalue weighted by molar-refractivity contribution is 0.319. The highest BCUT2D eigenvalue weighted by atomic mass is 15.1. The van der Waals surface area contributed by atoms with E-state index in [1.165, 1.54) is 11.1 Å². The molecule has 1 atom stereocenters. The Labute approximate surface area is 111 Å². The van der Waals surface area contributed by atoms with E-state index in [4.69, 9.17) is 5.73 Å². The molecular weight excluding hydrogens is 220 g/mol. The van der Waals surface area contributed by atoms with Gasteiger partial charge in [-0.05, 0) is 18.9 Å². The van der Waals surface area contributed by atoms with Crippen LogP contribution >= 0.6 is 0 Å². The van der Waals surface area contributed by atoms with Crippen LogP contribution in [0.5, 0.6) is 0 Å². The lowest BCUT2D eigenvalue weighted by atomic mass is 10.0. The third-order valence-corrected chi connectivity index (χ3v) is 3.00. The molecule has 0 aromatic heterocycles. The van der Waals surface area contributed by atoms with E-state index in [9.17, 15) is 0 Å². The summed E-state index contributed by atoms with van der Waals surface area (Å²) in [6.07, 6.45) is 4.79. The van der Waals surface area contributed by atoms with Crippen LogP contribution in [0.1, 0.15) is 23.6 Å². The molecule has 0 fully saturated rings. The minimum absolute atomic E-state index is 0.0991. The van der Waals surface area contributed by atoms with Gasteiger partial charge in [-0.15, -0.1) is 13.2 Å². The van der Waals surface area contributed by atoms with Crippen molar-refractivity contribution in [1.29, 1.82) is 0 Å². The molecule has 0 spiro atoms. The maximum Gasteiger partial charge on any atom is 0.0307 e. The van der Waals surface area contributed by atoms with Gasteiger partial charge in [-0.3, -0.25) is 4.90 Å². The van der Waals surface area contributed by atoms with Crippen LogP contribution in [0.4, 0.5) is 0 Å². The predicted octanol–water partition coefficient (Wildman–Crippen LogP) is 3.06. The summed E-state index contributed by atoms with van der Waals surface area (Å²) in [4.78, 5) is 2.29. The molecule has 0 aliphatic carbocycles. The van der Waals surface area contributed by atoms with Crippen LogP contribution in [0.25, 0.3) is 0 Å². The summed E-state index contributed by atoms with van der Waals surface area (Å²) in [6, 6.07) is 8.52. The zero-order valence-corrected chi connectivity index (χ0v) is 11.3. The topological polar surface area (TPSA) is 29.3 Å². The van der Waals surface area contributed by atoms with E-state index in [1.807, 2.05) is 12.2 Å². The van der Waals surface area contributed by atoms with Gasteiger partial charge in [0.15, 0.2) is 0 Å². The normalized spacial score (nSPS) is 12.4. The van der Waals surface area contributed by atoms with E-state index in [0.717, 1.165) is 26.1 Å². The number of nitrogens with zero attached hydrogens (tertiary/aromatic N) is 1. The number of hydrogen-bond acceptors (Lipinski definition) is 2. The average Bonchev–Trinajstić information content (AvgIpc) is 2.36. The second kappa shape index (κ2) is 7.85. The first-order valence-electron chi connectivity index (χ1n) is 6.43. The van der Waals surface area contributed by atoms with Crippen molar-refractivity contribution in [3.63, 3.8) is 0 Å². The lowest BCUT2D eigenvalue weighted by Crippen LogP contribution is -2.27. The number of rotatable bonds is 8. The van der Waals surface area contributed by atoms with Gasteiger partial charge in [-0.1, -0.05) is 42.0 Å². The third kappa shape index (κ3) is 4.86. The highest BCUT2D eigenvalue weighted by Gasteiger charge is 2.08. The molecular formula is C16H24N2. The van der Waals surface area contributed by atoms with Crippen LogP contribution in [0, 0.1) is 6.92 Å². The summed E-state index contributed by atoms with van der Waals surface area (Å²) in [5.41, 5.74) is 8.70. The van der Waals surface area contributed by atoms with Crippen molar-refractivity contribution >= 4 is 0 Å². The molecule has 2 N–H and O–H groups in total. The molecule has 1 unspecified atom stereocenters. The molecule has 0 amide bonds. The van der Waals surface area contributed by atoms with Gasteiger partial charge in [0.1, 0.15) is 0 Å². The number of benzene rings is 1. The molecule has 18 heavy (non-hydrogen) atoms. The first-order chi connectivity index (χ1) is 8.67. The highest BCUT2D eigenvalue weighted by molar-refractivity contribution is 5.24. The van der Waals surface area contributed by atoms with Crippen LogP contribution in [0.2, 0.25) is 0 Å². The first-order valence-corrected chi connectivity index (χ1v) is 6.43. The zero-order valence-electron chi connectivity index (χ0n) is 11.3. The van der Waals surface area contributed by atoms with Gasteiger partial charge in [0.05, 0.1) is 0 Å². The van der Waals surface area contributed by atoms with Crippen molar-refractivity contribution in [3.8, 4) is 0 Å². The number of aryl methyl sites for hydroxylation is 1. The van der Waals surface area contributed by atoms with Crippen molar-refractivity contribution in [2.24, 2.45) is 5.73 Å².